The second-order valence-electron chi connectivity index (χ2n) is 9.51. The van der Waals surface area contributed by atoms with Gasteiger partial charge in [-0.15, -0.1) is 0 Å². The van der Waals surface area contributed by atoms with E-state index >= 15 is 0 Å². The summed E-state index contributed by atoms with van der Waals surface area (Å²) in [6.07, 6.45) is 0.976. The first-order valence-electron chi connectivity index (χ1n) is 11.2. The fourth-order valence-electron chi connectivity index (χ4n) is 2.16. The maximum Gasteiger partial charge on any atom is 0.311 e. The molecule has 0 aromatic rings. The maximum absolute atomic E-state index is 12.0. The third kappa shape index (κ3) is 11.9. The van der Waals surface area contributed by atoms with Gasteiger partial charge in [-0.1, -0.05) is 13.8 Å². The van der Waals surface area contributed by atoms with E-state index < -0.39 is 10.8 Å². The summed E-state index contributed by atoms with van der Waals surface area (Å²) in [5, 5.41) is 0. The van der Waals surface area contributed by atoms with E-state index in [1.807, 2.05) is 55.4 Å². The van der Waals surface area contributed by atoms with Crippen molar-refractivity contribution in [3.63, 3.8) is 0 Å². The van der Waals surface area contributed by atoms with E-state index in [0.717, 1.165) is 25.9 Å². The highest BCUT2D eigenvalue weighted by atomic mass is 16.6. The zero-order valence-electron chi connectivity index (χ0n) is 20.8. The molecule has 0 heterocycles. The Morgan fingerprint density at radius 1 is 0.767 bits per heavy atom. The van der Waals surface area contributed by atoms with Crippen molar-refractivity contribution in [3.8, 4) is 0 Å². The lowest BCUT2D eigenvalue weighted by Gasteiger charge is -2.24. The van der Waals surface area contributed by atoms with Crippen LogP contribution in [0.1, 0.15) is 68.2 Å². The van der Waals surface area contributed by atoms with Gasteiger partial charge in [0.05, 0.1) is 44.3 Å². The lowest BCUT2D eigenvalue weighted by molar-refractivity contribution is -0.880. The first-order valence-corrected chi connectivity index (χ1v) is 11.2. The molecule has 0 saturated carbocycles. The fourth-order valence-corrected chi connectivity index (χ4v) is 2.16. The van der Waals surface area contributed by atoms with Gasteiger partial charge in [0.25, 0.3) is 0 Å². The molecule has 0 fully saturated rings. The first-order chi connectivity index (χ1) is 13.9. The smallest absolute Gasteiger partial charge is 0.311 e. The Balaban J connectivity index is 3.85. The molecule has 0 aliphatic carbocycles. The summed E-state index contributed by atoms with van der Waals surface area (Å²) >= 11 is 0. The second-order valence-corrected chi connectivity index (χ2v) is 9.51. The summed E-state index contributed by atoms with van der Waals surface area (Å²) in [6.45, 7) is 18.8. The van der Waals surface area contributed by atoms with E-state index in [-0.39, 0.29) is 24.1 Å². The average Bonchev–Trinajstić information content (AvgIpc) is 2.68. The van der Waals surface area contributed by atoms with Crippen LogP contribution in [0.3, 0.4) is 0 Å². The zero-order valence-corrected chi connectivity index (χ0v) is 20.8. The van der Waals surface area contributed by atoms with Gasteiger partial charge in [0.2, 0.25) is 0 Å². The SMILES string of the molecule is CCC(C)(C)C(=O)OC(C)COCC[NH+](C)CCOCC(C)OC(=O)C(C)(C)CC. The number of carbonyl (C=O) groups excluding carboxylic acids is 2. The van der Waals surface area contributed by atoms with Crippen molar-refractivity contribution in [1.29, 1.82) is 0 Å². The van der Waals surface area contributed by atoms with Crippen molar-refractivity contribution < 1.29 is 33.4 Å². The molecule has 2 unspecified atom stereocenters. The van der Waals surface area contributed by atoms with Crippen LogP contribution < -0.4 is 4.90 Å². The van der Waals surface area contributed by atoms with Crippen LogP contribution in [0.4, 0.5) is 0 Å². The summed E-state index contributed by atoms with van der Waals surface area (Å²) < 4.78 is 22.2. The molecule has 0 aliphatic rings. The number of carbonyl (C=O) groups is 2. The van der Waals surface area contributed by atoms with Crippen LogP contribution >= 0.6 is 0 Å². The van der Waals surface area contributed by atoms with Gasteiger partial charge in [0.1, 0.15) is 25.3 Å². The third-order valence-electron chi connectivity index (χ3n) is 5.54. The molecule has 1 N–H and O–H groups in total. The summed E-state index contributed by atoms with van der Waals surface area (Å²) in [5.41, 5.74) is -0.915. The lowest BCUT2D eigenvalue weighted by Crippen LogP contribution is -3.10. The molecule has 0 aromatic heterocycles. The van der Waals surface area contributed by atoms with Crippen molar-refractivity contribution in [3.05, 3.63) is 0 Å². The lowest BCUT2D eigenvalue weighted by atomic mass is 9.90. The quantitative estimate of drug-likeness (QED) is 0.298. The second kappa shape index (κ2) is 14.0. The van der Waals surface area contributed by atoms with Gasteiger partial charge in [-0.2, -0.15) is 0 Å². The monoisotopic (exact) mass is 432 g/mol. The average molecular weight is 433 g/mol. The molecule has 0 amide bonds. The van der Waals surface area contributed by atoms with E-state index in [0.29, 0.717) is 26.4 Å². The van der Waals surface area contributed by atoms with Gasteiger partial charge in [-0.05, 0) is 54.4 Å². The standard InChI is InChI=1S/C23H45NO6/c1-10-22(5,6)20(25)29-18(3)16-27-14-12-24(9)13-15-28-17-19(4)30-21(26)23(7,8)11-2/h18-19H,10-17H2,1-9H3/p+1. The molecule has 0 spiro atoms. The first kappa shape index (κ1) is 28.8. The van der Waals surface area contributed by atoms with Gasteiger partial charge in [0.15, 0.2) is 0 Å². The molecular formula is C23H46NO6+. The van der Waals surface area contributed by atoms with Crippen LogP contribution in [-0.4, -0.2) is 70.7 Å². The summed E-state index contributed by atoms with van der Waals surface area (Å²) in [5.74, 6) is -0.363. The predicted molar refractivity (Wildman–Crippen MR) is 118 cm³/mol. The summed E-state index contributed by atoms with van der Waals surface area (Å²) in [6, 6.07) is 0. The third-order valence-corrected chi connectivity index (χ3v) is 5.54. The Bertz CT molecular complexity index is 462. The minimum Gasteiger partial charge on any atom is -0.460 e. The minimum absolute atomic E-state index is 0.181. The van der Waals surface area contributed by atoms with Gasteiger partial charge >= 0.3 is 11.9 Å². The Morgan fingerprint density at radius 2 is 1.10 bits per heavy atom. The molecule has 0 saturated heterocycles. The van der Waals surface area contributed by atoms with E-state index in [1.165, 1.54) is 4.90 Å². The molecule has 7 nitrogen and oxygen atoms in total. The molecule has 0 aromatic carbocycles. The highest BCUT2D eigenvalue weighted by Crippen LogP contribution is 2.23. The van der Waals surface area contributed by atoms with Crippen molar-refractivity contribution >= 4 is 11.9 Å². The number of hydrogen-bond acceptors (Lipinski definition) is 6. The maximum atomic E-state index is 12.0. The summed E-state index contributed by atoms with van der Waals surface area (Å²) in [4.78, 5) is 25.4. The molecule has 0 aliphatic heterocycles. The number of esters is 2. The van der Waals surface area contributed by atoms with Gasteiger partial charge in [0, 0.05) is 0 Å². The van der Waals surface area contributed by atoms with Crippen LogP contribution in [0.15, 0.2) is 0 Å². The van der Waals surface area contributed by atoms with Crippen molar-refractivity contribution in [1.82, 2.24) is 0 Å². The number of quaternary nitrogens is 1. The largest absolute Gasteiger partial charge is 0.460 e. The molecular weight excluding hydrogens is 386 g/mol. The number of nitrogens with one attached hydrogen (secondary N) is 1. The normalized spacial score (nSPS) is 15.4. The van der Waals surface area contributed by atoms with E-state index in [1.54, 1.807) is 0 Å². The van der Waals surface area contributed by atoms with Crippen molar-refractivity contribution in [2.75, 3.05) is 46.6 Å². The van der Waals surface area contributed by atoms with Crippen molar-refractivity contribution in [2.24, 2.45) is 10.8 Å². The number of likely N-dealkylation sites (N-methyl/N-ethyl adjacent to an activating group) is 1. The van der Waals surface area contributed by atoms with E-state index in [9.17, 15) is 9.59 Å². The van der Waals surface area contributed by atoms with E-state index in [4.69, 9.17) is 18.9 Å². The van der Waals surface area contributed by atoms with Crippen molar-refractivity contribution in [2.45, 2.75) is 80.4 Å². The molecule has 0 bridgehead atoms. The molecule has 7 heteroatoms. The fraction of sp³-hybridized carbons (Fsp3) is 0.913. The molecule has 0 radical (unpaired) electrons. The highest BCUT2D eigenvalue weighted by Gasteiger charge is 2.29. The Morgan fingerprint density at radius 3 is 1.40 bits per heavy atom. The number of rotatable bonds is 16. The van der Waals surface area contributed by atoms with Gasteiger partial charge < -0.3 is 23.8 Å². The number of hydrogen-bond donors (Lipinski definition) is 1. The van der Waals surface area contributed by atoms with E-state index in [2.05, 4.69) is 7.05 Å². The highest BCUT2D eigenvalue weighted by molar-refractivity contribution is 5.76. The predicted octanol–water partition coefficient (Wildman–Crippen LogP) is 2.27. The van der Waals surface area contributed by atoms with Crippen LogP contribution in [-0.2, 0) is 28.5 Å². The molecule has 30 heavy (non-hydrogen) atoms. The Hall–Kier alpha value is -1.18. The van der Waals surface area contributed by atoms with Gasteiger partial charge in [-0.3, -0.25) is 9.59 Å². The summed E-state index contributed by atoms with van der Waals surface area (Å²) in [7, 11) is 2.08. The van der Waals surface area contributed by atoms with Crippen LogP contribution in [0, 0.1) is 10.8 Å². The minimum atomic E-state index is -0.458. The zero-order chi connectivity index (χ0) is 23.4. The Labute approximate surface area is 183 Å². The Kier molecular flexibility index (Phi) is 13.4. The van der Waals surface area contributed by atoms with Gasteiger partial charge in [-0.25, -0.2) is 0 Å². The van der Waals surface area contributed by atoms with Crippen LogP contribution in [0.5, 0.6) is 0 Å². The van der Waals surface area contributed by atoms with Crippen LogP contribution in [0.2, 0.25) is 0 Å². The molecule has 2 atom stereocenters. The number of ether oxygens (including phenoxy) is 4. The van der Waals surface area contributed by atoms with Crippen LogP contribution in [0.25, 0.3) is 0 Å². The molecule has 0 rings (SSSR count). The topological polar surface area (TPSA) is 75.5 Å². The molecule has 178 valence electrons.